The van der Waals surface area contributed by atoms with E-state index in [1.165, 1.54) is 111 Å². The van der Waals surface area contributed by atoms with Crippen LogP contribution in [0, 0.1) is 0 Å². The number of hydrogen-bond donors (Lipinski definition) is 0. The highest BCUT2D eigenvalue weighted by atomic mass is 14.5. The highest BCUT2D eigenvalue weighted by molar-refractivity contribution is 6.03. The van der Waals surface area contributed by atoms with Gasteiger partial charge in [0.25, 0.3) is 0 Å². The van der Waals surface area contributed by atoms with Crippen molar-refractivity contribution in [2.45, 2.75) is 96.3 Å². The summed E-state index contributed by atoms with van der Waals surface area (Å²) < 4.78 is 0. The lowest BCUT2D eigenvalue weighted by molar-refractivity contribution is 0.490. The topological polar surface area (TPSA) is 0 Å². The number of rotatable bonds is 10. The number of hydrogen-bond acceptors (Lipinski definition) is 0. The van der Waals surface area contributed by atoms with Crippen LogP contribution in [0.15, 0.2) is 170 Å². The maximum absolute atomic E-state index is 2.61. The van der Waals surface area contributed by atoms with Crippen LogP contribution in [0.4, 0.5) is 0 Å². The van der Waals surface area contributed by atoms with Gasteiger partial charge in [-0.05, 0) is 186 Å². The Balaban J connectivity index is 1.17. The van der Waals surface area contributed by atoms with Crippen LogP contribution in [0.2, 0.25) is 0 Å². The van der Waals surface area contributed by atoms with E-state index in [0.29, 0.717) is 0 Å². The van der Waals surface area contributed by atoms with E-state index in [9.17, 15) is 0 Å². The molecule has 8 aromatic carbocycles. The molecule has 0 aliphatic heterocycles. The molecule has 0 atom stereocenters. The molecule has 310 valence electrons. The van der Waals surface area contributed by atoms with Crippen molar-refractivity contribution in [1.29, 1.82) is 0 Å². The molecule has 8 aromatic rings. The lowest BCUT2D eigenvalue weighted by Crippen LogP contribution is -2.23. The Labute approximate surface area is 375 Å². The number of benzene rings is 8. The standard InChI is InChI=1S/C63H58/c1-7-61(8-2)53-29-21-19-27-47(53)49-33-31-43(37-55(49)61)45-35-51(41-23-15-13-16-24-41)59-57(39-45)63(11-5,12-6)58-40-46(36-52(60(58)59)42-25-17-14-18-26-42)44-32-34-50-48-28-20-22-30-54(48)62(9-3,10-4)56(50)38-44/h13-40H,7-12H2,1-6H3. The molecule has 3 aliphatic rings. The van der Waals surface area contributed by atoms with Crippen LogP contribution < -0.4 is 0 Å². The number of fused-ring (bicyclic) bond motifs is 9. The lowest BCUT2D eigenvalue weighted by atomic mass is 9.71. The molecular formula is C63H58. The van der Waals surface area contributed by atoms with Gasteiger partial charge in [-0.25, -0.2) is 0 Å². The molecule has 0 bridgehead atoms. The van der Waals surface area contributed by atoms with E-state index in [1.807, 2.05) is 0 Å². The van der Waals surface area contributed by atoms with Crippen molar-refractivity contribution in [3.63, 3.8) is 0 Å². The average molecular weight is 815 g/mol. The average Bonchev–Trinajstić information content (AvgIpc) is 3.93. The Morgan fingerprint density at radius 1 is 0.238 bits per heavy atom. The van der Waals surface area contributed by atoms with Crippen LogP contribution in [0.3, 0.4) is 0 Å². The van der Waals surface area contributed by atoms with Gasteiger partial charge in [-0.15, -0.1) is 0 Å². The summed E-state index contributed by atoms with van der Waals surface area (Å²) in [6.07, 6.45) is 6.36. The van der Waals surface area contributed by atoms with Gasteiger partial charge in [0.15, 0.2) is 0 Å². The third-order valence-corrected chi connectivity index (χ3v) is 16.6. The van der Waals surface area contributed by atoms with E-state index in [-0.39, 0.29) is 16.2 Å². The molecule has 0 aromatic heterocycles. The first-order chi connectivity index (χ1) is 30.9. The smallest absolute Gasteiger partial charge is 0.0210 e. The van der Waals surface area contributed by atoms with Gasteiger partial charge in [0.2, 0.25) is 0 Å². The van der Waals surface area contributed by atoms with Crippen LogP contribution in [-0.2, 0) is 16.2 Å². The van der Waals surface area contributed by atoms with Gasteiger partial charge in [-0.2, -0.15) is 0 Å². The van der Waals surface area contributed by atoms with Crippen LogP contribution in [0.5, 0.6) is 0 Å². The molecular weight excluding hydrogens is 757 g/mol. The molecule has 0 nitrogen and oxygen atoms in total. The summed E-state index contributed by atoms with van der Waals surface area (Å²) in [5.74, 6) is 0. The summed E-state index contributed by atoms with van der Waals surface area (Å²) in [6.45, 7) is 14.4. The first-order valence-corrected chi connectivity index (χ1v) is 23.9. The molecule has 0 amide bonds. The van der Waals surface area contributed by atoms with Gasteiger partial charge in [-0.1, -0.05) is 175 Å². The summed E-state index contributed by atoms with van der Waals surface area (Å²) in [5, 5.41) is 0. The molecule has 0 spiro atoms. The Kier molecular flexibility index (Phi) is 9.40. The van der Waals surface area contributed by atoms with Gasteiger partial charge in [0.05, 0.1) is 0 Å². The maximum atomic E-state index is 2.61. The highest BCUT2D eigenvalue weighted by Gasteiger charge is 2.45. The predicted molar refractivity (Wildman–Crippen MR) is 269 cm³/mol. The molecule has 0 N–H and O–H groups in total. The summed E-state index contributed by atoms with van der Waals surface area (Å²) in [6, 6.07) is 65.8. The Morgan fingerprint density at radius 3 is 0.937 bits per heavy atom. The van der Waals surface area contributed by atoms with E-state index in [0.717, 1.165) is 38.5 Å². The van der Waals surface area contributed by atoms with Crippen molar-refractivity contribution in [1.82, 2.24) is 0 Å². The zero-order chi connectivity index (χ0) is 43.1. The molecule has 0 unspecified atom stereocenters. The minimum Gasteiger partial charge on any atom is -0.0642 e. The molecule has 0 saturated heterocycles. The van der Waals surface area contributed by atoms with Crippen molar-refractivity contribution in [3.8, 4) is 77.9 Å². The second-order valence-corrected chi connectivity index (χ2v) is 18.6. The fourth-order valence-corrected chi connectivity index (χ4v) is 13.1. The third-order valence-electron chi connectivity index (χ3n) is 16.6. The molecule has 0 heterocycles. The van der Waals surface area contributed by atoms with Gasteiger partial charge < -0.3 is 0 Å². The Bertz CT molecular complexity index is 2850. The van der Waals surface area contributed by atoms with Crippen LogP contribution >= 0.6 is 0 Å². The molecule has 63 heavy (non-hydrogen) atoms. The van der Waals surface area contributed by atoms with Crippen LogP contribution in [0.1, 0.15) is 113 Å². The maximum Gasteiger partial charge on any atom is 0.0210 e. The molecule has 0 heteroatoms. The SMILES string of the molecule is CCC1(CC)c2ccccc2-c2ccc(-c3cc(-c4ccccc4)c4c(c3)C(CC)(CC)c3cc(-c5ccc6c(c5)C(CC)(CC)c5ccccc5-6)cc(-c5ccccc5)c3-4)cc21. The quantitative estimate of drug-likeness (QED) is 0.129. The van der Waals surface area contributed by atoms with E-state index in [1.54, 1.807) is 0 Å². The van der Waals surface area contributed by atoms with Gasteiger partial charge >= 0.3 is 0 Å². The van der Waals surface area contributed by atoms with Crippen LogP contribution in [0.25, 0.3) is 77.9 Å². The normalized spacial score (nSPS) is 15.3. The van der Waals surface area contributed by atoms with E-state index in [4.69, 9.17) is 0 Å². The van der Waals surface area contributed by atoms with Crippen molar-refractivity contribution in [2.75, 3.05) is 0 Å². The van der Waals surface area contributed by atoms with E-state index in [2.05, 4.69) is 211 Å². The largest absolute Gasteiger partial charge is 0.0642 e. The first-order valence-electron chi connectivity index (χ1n) is 23.9. The summed E-state index contributed by atoms with van der Waals surface area (Å²) in [4.78, 5) is 0. The zero-order valence-corrected chi connectivity index (χ0v) is 37.9. The summed E-state index contributed by atoms with van der Waals surface area (Å²) in [5.41, 5.74) is 27.6. The highest BCUT2D eigenvalue weighted by Crippen LogP contribution is 2.61. The van der Waals surface area contributed by atoms with Crippen molar-refractivity contribution in [2.24, 2.45) is 0 Å². The Hall–Kier alpha value is -6.24. The third kappa shape index (κ3) is 5.46. The van der Waals surface area contributed by atoms with Gasteiger partial charge in [-0.3, -0.25) is 0 Å². The van der Waals surface area contributed by atoms with Crippen molar-refractivity contribution < 1.29 is 0 Å². The minimum atomic E-state index is -0.170. The molecule has 0 fully saturated rings. The first kappa shape index (κ1) is 39.6. The lowest BCUT2D eigenvalue weighted by Gasteiger charge is -2.31. The second kappa shape index (κ2) is 14.9. The molecule has 0 saturated carbocycles. The van der Waals surface area contributed by atoms with E-state index < -0.39 is 0 Å². The van der Waals surface area contributed by atoms with Crippen LogP contribution in [-0.4, -0.2) is 0 Å². The Morgan fingerprint density at radius 2 is 0.556 bits per heavy atom. The fraction of sp³-hybridized carbons (Fsp3) is 0.238. The second-order valence-electron chi connectivity index (χ2n) is 18.6. The monoisotopic (exact) mass is 814 g/mol. The molecule has 11 rings (SSSR count). The fourth-order valence-electron chi connectivity index (χ4n) is 13.1. The minimum absolute atomic E-state index is 0.0169. The summed E-state index contributed by atoms with van der Waals surface area (Å²) >= 11 is 0. The predicted octanol–water partition coefficient (Wildman–Crippen LogP) is 17.6. The van der Waals surface area contributed by atoms with Crippen molar-refractivity contribution in [3.05, 3.63) is 203 Å². The van der Waals surface area contributed by atoms with Gasteiger partial charge in [0.1, 0.15) is 0 Å². The molecule has 3 aliphatic carbocycles. The summed E-state index contributed by atoms with van der Waals surface area (Å²) in [7, 11) is 0. The zero-order valence-electron chi connectivity index (χ0n) is 37.9. The molecule has 0 radical (unpaired) electrons. The van der Waals surface area contributed by atoms with E-state index >= 15 is 0 Å². The van der Waals surface area contributed by atoms with Crippen molar-refractivity contribution >= 4 is 0 Å². The van der Waals surface area contributed by atoms with Gasteiger partial charge in [0, 0.05) is 16.2 Å².